The van der Waals surface area contributed by atoms with E-state index in [4.69, 9.17) is 16.3 Å². The Morgan fingerprint density at radius 3 is 2.86 bits per heavy atom. The number of aromatic nitrogens is 1. The van der Waals surface area contributed by atoms with E-state index in [2.05, 4.69) is 4.98 Å². The summed E-state index contributed by atoms with van der Waals surface area (Å²) < 4.78 is 5.14. The van der Waals surface area contributed by atoms with Crippen molar-refractivity contribution in [3.8, 4) is 0 Å². The Kier molecular flexibility index (Phi) is 2.19. The predicted molar refractivity (Wildman–Crippen MR) is 52.5 cm³/mol. The molecule has 3 nitrogen and oxygen atoms in total. The third-order valence-corrected chi connectivity index (χ3v) is 2.75. The summed E-state index contributed by atoms with van der Waals surface area (Å²) in [5.74, 6) is -0.212. The predicted octanol–water partition coefficient (Wildman–Crippen LogP) is 2.40. The van der Waals surface area contributed by atoms with Gasteiger partial charge in [-0.3, -0.25) is 0 Å². The van der Waals surface area contributed by atoms with E-state index in [1.807, 2.05) is 13.8 Å². The molecule has 0 aromatic carbocycles. The van der Waals surface area contributed by atoms with Crippen LogP contribution in [0.1, 0.15) is 35.8 Å². The second-order valence-corrected chi connectivity index (χ2v) is 3.85. The highest BCUT2D eigenvalue weighted by atomic mass is 35.5. The molecule has 14 heavy (non-hydrogen) atoms. The van der Waals surface area contributed by atoms with Gasteiger partial charge in [0, 0.05) is 5.92 Å². The van der Waals surface area contributed by atoms with Gasteiger partial charge in [0.25, 0.3) is 0 Å². The second kappa shape index (κ2) is 3.24. The summed E-state index contributed by atoms with van der Waals surface area (Å²) >= 11 is 5.77. The number of hydrogen-bond acceptors (Lipinski definition) is 3. The van der Waals surface area contributed by atoms with Crippen molar-refractivity contribution in [2.24, 2.45) is 0 Å². The maximum absolute atomic E-state index is 11.4. The van der Waals surface area contributed by atoms with E-state index >= 15 is 0 Å². The van der Waals surface area contributed by atoms with Crippen LogP contribution in [-0.2, 0) is 4.74 Å². The Bertz CT molecular complexity index is 392. The Labute approximate surface area is 87.0 Å². The Balaban J connectivity index is 2.56. The minimum atomic E-state index is -0.310. The molecular weight excluding hydrogens is 202 g/mol. The molecule has 0 fully saturated rings. The third-order valence-electron chi connectivity index (χ3n) is 2.54. The average Bonchev–Trinajstić information content (AvgIpc) is 2.14. The van der Waals surface area contributed by atoms with Gasteiger partial charge in [-0.2, -0.15) is 0 Å². The van der Waals surface area contributed by atoms with Crippen molar-refractivity contribution in [2.45, 2.75) is 25.9 Å². The van der Waals surface area contributed by atoms with Crippen LogP contribution < -0.4 is 0 Å². The van der Waals surface area contributed by atoms with Gasteiger partial charge in [-0.25, -0.2) is 9.78 Å². The summed E-state index contributed by atoms with van der Waals surface area (Å²) in [7, 11) is 0. The lowest BCUT2D eigenvalue weighted by molar-refractivity contribution is 0.0235. The van der Waals surface area contributed by atoms with Crippen LogP contribution in [0.4, 0.5) is 0 Å². The van der Waals surface area contributed by atoms with Gasteiger partial charge in [-0.15, -0.1) is 0 Å². The number of hydrogen-bond donors (Lipinski definition) is 0. The molecule has 2 atom stereocenters. The lowest BCUT2D eigenvalue weighted by Crippen LogP contribution is -2.29. The highest BCUT2D eigenvalue weighted by Crippen LogP contribution is 2.30. The third kappa shape index (κ3) is 1.38. The molecule has 0 amide bonds. The molecule has 2 heterocycles. The summed E-state index contributed by atoms with van der Waals surface area (Å²) in [5, 5.41) is 0.414. The van der Waals surface area contributed by atoms with Gasteiger partial charge in [-0.1, -0.05) is 18.5 Å². The zero-order valence-electron chi connectivity index (χ0n) is 7.95. The van der Waals surface area contributed by atoms with Crippen LogP contribution in [0, 0.1) is 0 Å². The van der Waals surface area contributed by atoms with E-state index < -0.39 is 0 Å². The van der Waals surface area contributed by atoms with Crippen LogP contribution in [0.15, 0.2) is 12.1 Å². The van der Waals surface area contributed by atoms with Crippen molar-refractivity contribution < 1.29 is 9.53 Å². The zero-order chi connectivity index (χ0) is 10.3. The first-order valence-electron chi connectivity index (χ1n) is 4.47. The number of carbonyl (C=O) groups excluding carboxylic acids is 1. The van der Waals surface area contributed by atoms with Gasteiger partial charge >= 0.3 is 5.97 Å². The number of ether oxygens (including phenoxy) is 1. The Hall–Kier alpha value is -1.09. The van der Waals surface area contributed by atoms with Crippen molar-refractivity contribution in [1.29, 1.82) is 0 Å². The Morgan fingerprint density at radius 2 is 2.14 bits per heavy atom. The summed E-state index contributed by atoms with van der Waals surface area (Å²) in [6, 6.07) is 3.26. The van der Waals surface area contributed by atoms with Gasteiger partial charge < -0.3 is 4.74 Å². The number of pyridine rings is 1. The number of rotatable bonds is 0. The maximum atomic E-state index is 11.4. The quantitative estimate of drug-likeness (QED) is 0.489. The van der Waals surface area contributed by atoms with Crippen LogP contribution in [0.2, 0.25) is 5.15 Å². The van der Waals surface area contributed by atoms with Crippen molar-refractivity contribution in [1.82, 2.24) is 4.98 Å². The molecule has 1 aromatic rings. The van der Waals surface area contributed by atoms with Crippen LogP contribution in [0.3, 0.4) is 0 Å². The largest absolute Gasteiger partial charge is 0.458 e. The molecule has 0 spiro atoms. The van der Waals surface area contributed by atoms with E-state index in [0.717, 1.165) is 5.69 Å². The average molecular weight is 212 g/mol. The van der Waals surface area contributed by atoms with Crippen LogP contribution in [0.5, 0.6) is 0 Å². The van der Waals surface area contributed by atoms with E-state index in [1.54, 1.807) is 12.1 Å². The molecule has 2 rings (SSSR count). The van der Waals surface area contributed by atoms with Crippen LogP contribution >= 0.6 is 11.6 Å². The van der Waals surface area contributed by atoms with Gasteiger partial charge in [0.1, 0.15) is 11.3 Å². The lowest BCUT2D eigenvalue weighted by Gasteiger charge is -2.26. The summed E-state index contributed by atoms with van der Waals surface area (Å²) in [5.41, 5.74) is 1.27. The summed E-state index contributed by atoms with van der Waals surface area (Å²) in [6.07, 6.45) is -0.138. The van der Waals surface area contributed by atoms with Crippen LogP contribution in [0.25, 0.3) is 0 Å². The van der Waals surface area contributed by atoms with Crippen molar-refractivity contribution in [3.05, 3.63) is 28.5 Å². The Morgan fingerprint density at radius 1 is 1.43 bits per heavy atom. The molecular formula is C10H10ClNO2. The number of esters is 1. The van der Waals surface area contributed by atoms with Gasteiger partial charge in [0.2, 0.25) is 0 Å². The maximum Gasteiger partial charge on any atom is 0.340 e. The molecule has 0 bridgehead atoms. The minimum Gasteiger partial charge on any atom is -0.458 e. The topological polar surface area (TPSA) is 39.2 Å². The zero-order valence-corrected chi connectivity index (χ0v) is 8.71. The molecule has 1 aliphatic heterocycles. The van der Waals surface area contributed by atoms with Gasteiger partial charge in [0.15, 0.2) is 0 Å². The fraction of sp³-hybridized carbons (Fsp3) is 0.400. The van der Waals surface area contributed by atoms with Crippen molar-refractivity contribution >= 4 is 17.6 Å². The van der Waals surface area contributed by atoms with Gasteiger partial charge in [0.05, 0.1) is 11.3 Å². The smallest absolute Gasteiger partial charge is 0.340 e. The molecule has 1 aromatic heterocycles. The number of halogens is 1. The number of carbonyl (C=O) groups is 1. The summed E-state index contributed by atoms with van der Waals surface area (Å²) in [4.78, 5) is 15.6. The first kappa shape index (κ1) is 9.46. The minimum absolute atomic E-state index is 0.0985. The number of fused-ring (bicyclic) bond motifs is 1. The first-order valence-corrected chi connectivity index (χ1v) is 4.85. The highest BCUT2D eigenvalue weighted by Gasteiger charge is 2.31. The molecule has 0 unspecified atom stereocenters. The van der Waals surface area contributed by atoms with E-state index in [0.29, 0.717) is 10.7 Å². The highest BCUT2D eigenvalue weighted by molar-refractivity contribution is 6.29. The first-order chi connectivity index (χ1) is 6.59. The molecule has 0 N–H and O–H groups in total. The standard InChI is InChI=1S/C10H10ClNO2/c1-5-6(2)14-10(13)7-3-4-8(11)12-9(5)7/h3-6H,1-2H3/t5-,6-/m1/s1. The molecule has 0 saturated carbocycles. The van der Waals surface area contributed by atoms with Gasteiger partial charge in [-0.05, 0) is 19.1 Å². The summed E-state index contributed by atoms with van der Waals surface area (Å²) in [6.45, 7) is 3.83. The SMILES string of the molecule is C[C@H]1OC(=O)c2ccc(Cl)nc2[C@@H]1C. The number of nitrogens with zero attached hydrogens (tertiary/aromatic N) is 1. The molecule has 4 heteroatoms. The van der Waals surface area contributed by atoms with Crippen molar-refractivity contribution in [3.63, 3.8) is 0 Å². The molecule has 74 valence electrons. The molecule has 1 aliphatic rings. The second-order valence-electron chi connectivity index (χ2n) is 3.47. The van der Waals surface area contributed by atoms with E-state index in [1.165, 1.54) is 0 Å². The lowest BCUT2D eigenvalue weighted by atomic mass is 9.94. The fourth-order valence-corrected chi connectivity index (χ4v) is 1.68. The molecule has 0 aliphatic carbocycles. The van der Waals surface area contributed by atoms with Crippen LogP contribution in [-0.4, -0.2) is 17.1 Å². The monoisotopic (exact) mass is 211 g/mol. The van der Waals surface area contributed by atoms with E-state index in [-0.39, 0.29) is 18.0 Å². The normalized spacial score (nSPS) is 25.5. The fourth-order valence-electron chi connectivity index (χ4n) is 1.53. The molecule has 0 saturated heterocycles. The number of cyclic esters (lactones) is 1. The van der Waals surface area contributed by atoms with E-state index in [9.17, 15) is 4.79 Å². The van der Waals surface area contributed by atoms with Crippen molar-refractivity contribution in [2.75, 3.05) is 0 Å². The molecule has 0 radical (unpaired) electrons.